The number of nitrogens with zero attached hydrogens (tertiary/aromatic N) is 3. The van der Waals surface area contributed by atoms with Crippen LogP contribution in [0.15, 0.2) is 63.8 Å². The van der Waals surface area contributed by atoms with Gasteiger partial charge in [-0.05, 0) is 69.3 Å². The molecule has 4 rings (SSSR count). The van der Waals surface area contributed by atoms with E-state index in [4.69, 9.17) is 52.2 Å². The lowest BCUT2D eigenvalue weighted by Crippen LogP contribution is -2.22. The molecule has 0 radical (unpaired) electrons. The zero-order chi connectivity index (χ0) is 32.8. The predicted molar refractivity (Wildman–Crippen MR) is 162 cm³/mol. The summed E-state index contributed by atoms with van der Waals surface area (Å²) in [5, 5.41) is 22.3. The van der Waals surface area contributed by atoms with Gasteiger partial charge in [0, 0.05) is 11.5 Å². The van der Waals surface area contributed by atoms with Crippen molar-refractivity contribution in [3.8, 4) is 34.8 Å². The third-order valence-electron chi connectivity index (χ3n) is 5.55. The number of carboxylic acid groups (broad SMARTS) is 1. The summed E-state index contributed by atoms with van der Waals surface area (Å²) < 4.78 is 36.2. The quantitative estimate of drug-likeness (QED) is 0.206. The Balaban J connectivity index is 0.000000240. The second-order valence-electron chi connectivity index (χ2n) is 10.7. The zero-order valence-corrected chi connectivity index (χ0v) is 26.2. The average molecular weight is 646 g/mol. The van der Waals surface area contributed by atoms with E-state index in [0.717, 1.165) is 10.7 Å². The summed E-state index contributed by atoms with van der Waals surface area (Å²) in [4.78, 5) is 22.7. The second kappa shape index (κ2) is 14.3. The molecule has 0 aliphatic heterocycles. The number of hydrogen-bond donors (Lipinski definition) is 1. The zero-order valence-electron chi connectivity index (χ0n) is 24.7. The van der Waals surface area contributed by atoms with Gasteiger partial charge in [0.2, 0.25) is 5.89 Å². The SMILES string of the molecule is CC(C)Oc1cc(-n2nc(C(C)(C)C)oc2=O)c(Cl)cc1Cl.C[C@@H](Oc1ccc(Oc2ccc(C#N)cc2F)cc1)C(=O)O. The van der Waals surface area contributed by atoms with Crippen LogP contribution in [0.1, 0.15) is 53.0 Å². The number of carboxylic acids is 1. The Morgan fingerprint density at radius 1 is 1.00 bits per heavy atom. The summed E-state index contributed by atoms with van der Waals surface area (Å²) in [7, 11) is 0. The molecule has 0 unspecified atom stereocenters. The Morgan fingerprint density at radius 3 is 2.16 bits per heavy atom. The Morgan fingerprint density at radius 2 is 1.64 bits per heavy atom. The van der Waals surface area contributed by atoms with Gasteiger partial charge in [-0.2, -0.15) is 9.94 Å². The van der Waals surface area contributed by atoms with E-state index < -0.39 is 23.6 Å². The molecular formula is C31H30Cl2FN3O7. The summed E-state index contributed by atoms with van der Waals surface area (Å²) in [5.41, 5.74) is 0.183. The highest BCUT2D eigenvalue weighted by Crippen LogP contribution is 2.33. The van der Waals surface area contributed by atoms with Gasteiger partial charge in [-0.25, -0.2) is 14.0 Å². The van der Waals surface area contributed by atoms with Crippen molar-refractivity contribution >= 4 is 29.2 Å². The molecule has 1 N–H and O–H groups in total. The van der Waals surface area contributed by atoms with Crippen LogP contribution in [-0.4, -0.2) is 33.1 Å². The molecule has 0 aliphatic rings. The van der Waals surface area contributed by atoms with Crippen LogP contribution in [0, 0.1) is 17.1 Å². The number of ether oxygens (including phenoxy) is 3. The molecule has 3 aromatic carbocycles. The van der Waals surface area contributed by atoms with Gasteiger partial charge in [-0.15, -0.1) is 5.10 Å². The Labute approximate surface area is 263 Å². The van der Waals surface area contributed by atoms with Gasteiger partial charge in [0.05, 0.1) is 33.5 Å². The predicted octanol–water partition coefficient (Wildman–Crippen LogP) is 7.56. The number of nitriles is 1. The third kappa shape index (κ3) is 8.99. The van der Waals surface area contributed by atoms with Crippen LogP contribution in [0.3, 0.4) is 0 Å². The van der Waals surface area contributed by atoms with Crippen LogP contribution >= 0.6 is 23.2 Å². The molecule has 232 valence electrons. The molecule has 0 amide bonds. The molecule has 44 heavy (non-hydrogen) atoms. The van der Waals surface area contributed by atoms with Crippen molar-refractivity contribution in [2.24, 2.45) is 0 Å². The Kier molecular flexibility index (Phi) is 11.0. The van der Waals surface area contributed by atoms with Gasteiger partial charge in [0.15, 0.2) is 17.7 Å². The van der Waals surface area contributed by atoms with E-state index in [2.05, 4.69) is 5.10 Å². The summed E-state index contributed by atoms with van der Waals surface area (Å²) in [6, 6.07) is 14.9. The summed E-state index contributed by atoms with van der Waals surface area (Å²) in [6.45, 7) is 10.9. The highest BCUT2D eigenvalue weighted by Gasteiger charge is 2.24. The minimum atomic E-state index is -1.07. The lowest BCUT2D eigenvalue weighted by Gasteiger charge is -2.13. The standard InChI is InChI=1S/C16H12FNO4.C15H18Cl2N2O3/c1-10(16(19)20)21-12-3-5-13(6-4-12)22-15-7-2-11(9-18)8-14(15)17;1-8(2)21-12-7-11(9(16)6-10(12)17)19-14(20)22-13(18-19)15(3,4)5/h2-8,10H,1H3,(H,19,20);6-8H,1-5H3/t10-;/m1./s1. The molecule has 1 aromatic heterocycles. The second-order valence-corrected chi connectivity index (χ2v) is 11.5. The first kappa shape index (κ1) is 34.0. The van der Waals surface area contributed by atoms with Crippen LogP contribution in [0.4, 0.5) is 4.39 Å². The molecular weight excluding hydrogens is 616 g/mol. The van der Waals surface area contributed by atoms with Crippen molar-refractivity contribution in [3.63, 3.8) is 0 Å². The van der Waals surface area contributed by atoms with Crippen LogP contribution < -0.4 is 20.0 Å². The van der Waals surface area contributed by atoms with Crippen molar-refractivity contribution in [1.29, 1.82) is 5.26 Å². The van der Waals surface area contributed by atoms with Crippen LogP contribution in [0.5, 0.6) is 23.0 Å². The fourth-order valence-electron chi connectivity index (χ4n) is 3.38. The van der Waals surface area contributed by atoms with Crippen LogP contribution in [0.2, 0.25) is 10.0 Å². The number of benzene rings is 3. The molecule has 4 aromatic rings. The lowest BCUT2D eigenvalue weighted by molar-refractivity contribution is -0.144. The van der Waals surface area contributed by atoms with Crippen molar-refractivity contribution in [2.45, 2.75) is 59.2 Å². The van der Waals surface area contributed by atoms with Crippen molar-refractivity contribution in [1.82, 2.24) is 9.78 Å². The monoisotopic (exact) mass is 645 g/mol. The van der Waals surface area contributed by atoms with E-state index in [1.54, 1.807) is 6.07 Å². The molecule has 13 heteroatoms. The maximum atomic E-state index is 13.7. The van der Waals surface area contributed by atoms with Crippen LogP contribution in [0.25, 0.3) is 5.69 Å². The summed E-state index contributed by atoms with van der Waals surface area (Å²) >= 11 is 12.3. The van der Waals surface area contributed by atoms with Gasteiger partial charge >= 0.3 is 11.7 Å². The first-order chi connectivity index (χ1) is 20.6. The normalized spacial score (nSPS) is 11.7. The number of aliphatic carboxylic acids is 1. The van der Waals surface area contributed by atoms with E-state index >= 15 is 0 Å². The largest absolute Gasteiger partial charge is 0.489 e. The Bertz CT molecular complexity index is 1720. The number of hydrogen-bond acceptors (Lipinski definition) is 8. The highest BCUT2D eigenvalue weighted by atomic mass is 35.5. The first-order valence-corrected chi connectivity index (χ1v) is 14.0. The number of halogens is 3. The van der Waals surface area contributed by atoms with Gasteiger partial charge < -0.3 is 23.7 Å². The number of rotatable bonds is 8. The van der Waals surface area contributed by atoms with E-state index in [-0.39, 0.29) is 27.9 Å². The fraction of sp³-hybridized carbons (Fsp3) is 0.290. The minimum absolute atomic E-state index is 0.00780. The molecule has 0 aliphatic carbocycles. The lowest BCUT2D eigenvalue weighted by atomic mass is 9.97. The van der Waals surface area contributed by atoms with Crippen molar-refractivity contribution < 1.29 is 32.9 Å². The minimum Gasteiger partial charge on any atom is -0.489 e. The number of aromatic nitrogens is 2. The third-order valence-corrected chi connectivity index (χ3v) is 6.15. The maximum absolute atomic E-state index is 13.7. The van der Waals surface area contributed by atoms with Gasteiger partial charge in [-0.3, -0.25) is 0 Å². The van der Waals surface area contributed by atoms with Gasteiger partial charge in [-0.1, -0.05) is 44.0 Å². The maximum Gasteiger partial charge on any atom is 0.442 e. The first-order valence-electron chi connectivity index (χ1n) is 13.2. The molecule has 0 bridgehead atoms. The Hall–Kier alpha value is -4.53. The molecule has 0 fully saturated rings. The van der Waals surface area contributed by atoms with Crippen LogP contribution in [-0.2, 0) is 10.2 Å². The van der Waals surface area contributed by atoms with E-state index in [0.29, 0.717) is 33.8 Å². The molecule has 0 spiro atoms. The molecule has 1 atom stereocenters. The smallest absolute Gasteiger partial charge is 0.442 e. The molecule has 1 heterocycles. The fourth-order valence-corrected chi connectivity index (χ4v) is 3.89. The number of carbonyl (C=O) groups is 1. The summed E-state index contributed by atoms with van der Waals surface area (Å²) in [6.07, 6.45) is -1.03. The molecule has 0 saturated carbocycles. The topological polar surface area (TPSA) is 137 Å². The van der Waals surface area contributed by atoms with Crippen molar-refractivity contribution in [3.05, 3.63) is 92.5 Å². The van der Waals surface area contributed by atoms with E-state index in [9.17, 15) is 14.0 Å². The highest BCUT2D eigenvalue weighted by molar-refractivity contribution is 6.36. The van der Waals surface area contributed by atoms with E-state index in [1.807, 2.05) is 40.7 Å². The molecule has 0 saturated heterocycles. The molecule has 10 nitrogen and oxygen atoms in total. The van der Waals surface area contributed by atoms with Gasteiger partial charge in [0.25, 0.3) is 0 Å². The average Bonchev–Trinajstić information content (AvgIpc) is 3.34. The van der Waals surface area contributed by atoms with E-state index in [1.165, 1.54) is 49.4 Å². The summed E-state index contributed by atoms with van der Waals surface area (Å²) in [5.74, 6) is -0.838. The van der Waals surface area contributed by atoms with Crippen molar-refractivity contribution in [2.75, 3.05) is 0 Å². The van der Waals surface area contributed by atoms with Gasteiger partial charge in [0.1, 0.15) is 17.2 Å².